The number of aliphatic hydroxyl groups is 2. The Bertz CT molecular complexity index is 1610. The second-order valence-corrected chi connectivity index (χ2v) is 16.6. The van der Waals surface area contributed by atoms with E-state index in [0.29, 0.717) is 12.8 Å². The summed E-state index contributed by atoms with van der Waals surface area (Å²) in [5.41, 5.74) is 2.27. The first-order valence-corrected chi connectivity index (χ1v) is 22.9. The van der Waals surface area contributed by atoms with Crippen LogP contribution in [-0.2, 0) is 66.7 Å². The van der Waals surface area contributed by atoms with Gasteiger partial charge in [-0.3, -0.25) is 18.6 Å². The summed E-state index contributed by atoms with van der Waals surface area (Å²) in [6.45, 7) is 3.11. The molecule has 0 saturated heterocycles. The van der Waals surface area contributed by atoms with Crippen molar-refractivity contribution in [2.24, 2.45) is 0 Å². The molecule has 1 aliphatic carbocycles. The number of esters is 2. The first-order chi connectivity index (χ1) is 29.1. The van der Waals surface area contributed by atoms with Crippen molar-refractivity contribution in [3.63, 3.8) is 0 Å². The summed E-state index contributed by atoms with van der Waals surface area (Å²) in [6, 6.07) is 27.5. The molecule has 0 spiro atoms. The Labute approximate surface area is 355 Å². The van der Waals surface area contributed by atoms with E-state index in [0.717, 1.165) is 68.1 Å². The number of aliphatic hydroxyl groups excluding tert-OH is 2. The van der Waals surface area contributed by atoms with Gasteiger partial charge in [-0.1, -0.05) is 156 Å². The third-order valence-corrected chi connectivity index (χ3v) is 11.2. The maximum Gasteiger partial charge on any atom is 0.472 e. The van der Waals surface area contributed by atoms with E-state index >= 15 is 0 Å². The largest absolute Gasteiger partial charge is 0.472 e. The molecule has 3 aromatic rings. The van der Waals surface area contributed by atoms with Gasteiger partial charge in [-0.15, -0.1) is 0 Å². The Hall–Kier alpha value is -3.49. The van der Waals surface area contributed by atoms with Crippen molar-refractivity contribution in [1.82, 2.24) is 0 Å². The number of benzene rings is 3. The van der Waals surface area contributed by atoms with Gasteiger partial charge in [-0.05, 0) is 29.5 Å². The summed E-state index contributed by atoms with van der Waals surface area (Å²) in [7, 11) is -5.12. The molecule has 0 heterocycles. The quantitative estimate of drug-likeness (QED) is 0.0347. The zero-order valence-corrected chi connectivity index (χ0v) is 36.0. The van der Waals surface area contributed by atoms with E-state index in [-0.39, 0.29) is 32.7 Å². The van der Waals surface area contributed by atoms with Crippen molar-refractivity contribution in [3.8, 4) is 0 Å². The van der Waals surface area contributed by atoms with Crippen molar-refractivity contribution in [2.45, 2.75) is 153 Å². The van der Waals surface area contributed by atoms with Gasteiger partial charge in [-0.25, -0.2) is 4.57 Å². The number of hydrogen-bond acceptors (Lipinski definition) is 12. The summed E-state index contributed by atoms with van der Waals surface area (Å²) < 4.78 is 54.8. The summed E-state index contributed by atoms with van der Waals surface area (Å²) in [5, 5.41) is 23.6. The van der Waals surface area contributed by atoms with Crippen LogP contribution < -0.4 is 0 Å². The van der Waals surface area contributed by atoms with Gasteiger partial charge in [0.05, 0.1) is 26.4 Å². The van der Waals surface area contributed by atoms with Gasteiger partial charge in [0.25, 0.3) is 0 Å². The highest BCUT2D eigenvalue weighted by molar-refractivity contribution is 7.47. The lowest BCUT2D eigenvalue weighted by Gasteiger charge is -2.46. The minimum atomic E-state index is -5.12. The molecule has 1 aliphatic rings. The van der Waals surface area contributed by atoms with Crippen LogP contribution in [0.2, 0.25) is 0 Å². The van der Waals surface area contributed by atoms with E-state index < -0.39 is 75.7 Å². The van der Waals surface area contributed by atoms with Gasteiger partial charge >= 0.3 is 19.8 Å². The highest BCUT2D eigenvalue weighted by atomic mass is 31.2. The van der Waals surface area contributed by atoms with E-state index in [4.69, 9.17) is 32.7 Å². The molecule has 14 heteroatoms. The predicted octanol–water partition coefficient (Wildman–Crippen LogP) is 8.16. The zero-order valence-electron chi connectivity index (χ0n) is 35.1. The maximum absolute atomic E-state index is 13.9. The van der Waals surface area contributed by atoms with Gasteiger partial charge < -0.3 is 38.8 Å². The monoisotopic (exact) mass is 856 g/mol. The van der Waals surface area contributed by atoms with Crippen LogP contribution in [0.25, 0.3) is 0 Å². The molecular weight excluding hydrogens is 791 g/mol. The van der Waals surface area contributed by atoms with Gasteiger partial charge in [0.1, 0.15) is 43.2 Å². The van der Waals surface area contributed by atoms with E-state index in [1.807, 2.05) is 91.0 Å². The fourth-order valence-corrected chi connectivity index (χ4v) is 7.85. The van der Waals surface area contributed by atoms with Crippen LogP contribution in [0, 0.1) is 0 Å². The molecule has 0 aliphatic heterocycles. The molecule has 4 rings (SSSR count). The van der Waals surface area contributed by atoms with Crippen molar-refractivity contribution >= 4 is 19.8 Å². The van der Waals surface area contributed by atoms with Crippen LogP contribution >= 0.6 is 7.82 Å². The number of rotatable bonds is 29. The molecular formula is C46H65O13P. The summed E-state index contributed by atoms with van der Waals surface area (Å²) in [4.78, 5) is 36.8. The summed E-state index contributed by atoms with van der Waals surface area (Å²) in [6.07, 6.45) is -0.448. The molecule has 1 saturated carbocycles. The Balaban J connectivity index is 1.54. The van der Waals surface area contributed by atoms with Crippen molar-refractivity contribution < 1.29 is 62.0 Å². The number of phosphoric acid groups is 1. The molecule has 3 aromatic carbocycles. The second-order valence-electron chi connectivity index (χ2n) is 15.2. The highest BCUT2D eigenvalue weighted by Gasteiger charge is 2.55. The molecule has 3 unspecified atom stereocenters. The van der Waals surface area contributed by atoms with Gasteiger partial charge in [0.2, 0.25) is 0 Å². The zero-order chi connectivity index (χ0) is 43.0. The smallest absolute Gasteiger partial charge is 0.462 e. The fraction of sp³-hybridized carbons (Fsp3) is 0.565. The third-order valence-electron chi connectivity index (χ3n) is 10.2. The fourth-order valence-electron chi connectivity index (χ4n) is 6.88. The van der Waals surface area contributed by atoms with Gasteiger partial charge in [-0.2, -0.15) is 0 Å². The van der Waals surface area contributed by atoms with Gasteiger partial charge in [0, 0.05) is 12.8 Å². The highest BCUT2D eigenvalue weighted by Crippen LogP contribution is 2.48. The Morgan fingerprint density at radius 1 is 0.567 bits per heavy atom. The predicted molar refractivity (Wildman–Crippen MR) is 225 cm³/mol. The third kappa shape index (κ3) is 17.8. The average Bonchev–Trinajstić information content (AvgIpc) is 3.25. The molecule has 0 radical (unpaired) electrons. The van der Waals surface area contributed by atoms with Crippen molar-refractivity contribution in [3.05, 3.63) is 108 Å². The van der Waals surface area contributed by atoms with Crippen LogP contribution in [0.15, 0.2) is 91.0 Å². The normalized spacial score (nSPS) is 21.8. The summed E-state index contributed by atoms with van der Waals surface area (Å²) in [5.74, 6) is -1.05. The molecule has 0 amide bonds. The van der Waals surface area contributed by atoms with Crippen LogP contribution in [0.3, 0.4) is 0 Å². The number of phosphoric ester groups is 1. The lowest BCUT2D eigenvalue weighted by molar-refractivity contribution is -0.258. The van der Waals surface area contributed by atoms with Crippen LogP contribution in [0.1, 0.15) is 108 Å². The Morgan fingerprint density at radius 3 is 1.43 bits per heavy atom. The first-order valence-electron chi connectivity index (χ1n) is 21.4. The molecule has 0 bridgehead atoms. The molecule has 3 N–H and O–H groups in total. The Kier molecular flexibility index (Phi) is 22.5. The lowest BCUT2D eigenvalue weighted by atomic mass is 9.84. The van der Waals surface area contributed by atoms with Gasteiger partial charge in [0.15, 0.2) is 6.10 Å². The second kappa shape index (κ2) is 27.5. The SMILES string of the molecule is CCCCCCCC(=O)OC[C@H](COP(=O)(O)OC1[C@H](OCc2ccccc2)[C@H](O)C(OCc2ccccc2)[C@H](O)[C@H]1OCc1ccccc1)OC(=O)CCCCCCC. The standard InChI is InChI=1S/C46H65O13P/c1-3-5-7-9-20-28-39(47)53-33-38(58-40(48)29-21-10-8-6-4-2)34-57-60(51,52)59-46-44(55-31-36-24-16-12-17-25-36)41(49)43(54-30-35-22-14-11-15-23-35)42(50)45(46)56-32-37-26-18-13-19-27-37/h11-19,22-27,38,41-46,49-50H,3-10,20-21,28-34H2,1-2H3,(H,51,52)/t38-,41-,42+,43?,44-,45-,46?/m1/s1. The van der Waals surface area contributed by atoms with E-state index in [1.54, 1.807) is 0 Å². The van der Waals surface area contributed by atoms with Crippen LogP contribution in [-0.4, -0.2) is 83.0 Å². The van der Waals surface area contributed by atoms with E-state index in [1.165, 1.54) is 0 Å². The molecule has 60 heavy (non-hydrogen) atoms. The first kappa shape index (κ1) is 49.2. The molecule has 13 nitrogen and oxygen atoms in total. The molecule has 8 atom stereocenters. The average molecular weight is 857 g/mol. The van der Waals surface area contributed by atoms with Crippen molar-refractivity contribution in [2.75, 3.05) is 13.2 Å². The maximum atomic E-state index is 13.9. The minimum Gasteiger partial charge on any atom is -0.462 e. The number of carbonyl (C=O) groups is 2. The Morgan fingerprint density at radius 2 is 0.983 bits per heavy atom. The van der Waals surface area contributed by atoms with E-state index in [2.05, 4.69) is 13.8 Å². The minimum absolute atomic E-state index is 0.0336. The van der Waals surface area contributed by atoms with Crippen LogP contribution in [0.4, 0.5) is 0 Å². The van der Waals surface area contributed by atoms with Crippen molar-refractivity contribution in [1.29, 1.82) is 0 Å². The molecule has 1 fully saturated rings. The summed E-state index contributed by atoms with van der Waals surface area (Å²) >= 11 is 0. The molecule has 0 aromatic heterocycles. The van der Waals surface area contributed by atoms with Crippen LogP contribution in [0.5, 0.6) is 0 Å². The lowest BCUT2D eigenvalue weighted by Crippen LogP contribution is -2.66. The number of ether oxygens (including phenoxy) is 5. The topological polar surface area (TPSA) is 177 Å². The molecule has 332 valence electrons. The number of hydrogen-bond donors (Lipinski definition) is 3. The van der Waals surface area contributed by atoms with E-state index in [9.17, 15) is 29.3 Å². The number of carbonyl (C=O) groups excluding carboxylic acids is 2. The number of unbranched alkanes of at least 4 members (excludes halogenated alkanes) is 8.